The van der Waals surface area contributed by atoms with E-state index >= 15 is 0 Å². The van der Waals surface area contributed by atoms with Gasteiger partial charge in [0.2, 0.25) is 5.91 Å². The number of nitrogens with zero attached hydrogens (tertiary/aromatic N) is 1. The van der Waals surface area contributed by atoms with Crippen molar-refractivity contribution in [3.05, 3.63) is 23.8 Å². The van der Waals surface area contributed by atoms with E-state index in [1.54, 1.807) is 6.07 Å². The lowest BCUT2D eigenvalue weighted by molar-refractivity contribution is -0.132. The Balaban J connectivity index is 2.00. The number of sulfone groups is 1. The molecule has 0 atom stereocenters. The van der Waals surface area contributed by atoms with Crippen molar-refractivity contribution in [1.29, 1.82) is 0 Å². The molecule has 1 aliphatic rings. The van der Waals surface area contributed by atoms with Gasteiger partial charge in [0.05, 0.1) is 6.61 Å². The first-order chi connectivity index (χ1) is 11.3. The van der Waals surface area contributed by atoms with Gasteiger partial charge in [-0.15, -0.1) is 0 Å². The second kappa shape index (κ2) is 7.79. The van der Waals surface area contributed by atoms with Crippen molar-refractivity contribution in [1.82, 2.24) is 4.90 Å². The van der Waals surface area contributed by atoms with Crippen molar-refractivity contribution in [3.63, 3.8) is 0 Å². The van der Waals surface area contributed by atoms with Gasteiger partial charge in [0, 0.05) is 31.3 Å². The smallest absolute Gasteiger partial charge is 0.222 e. The number of carbonyl (C=O) groups excluding carboxylic acids is 2. The van der Waals surface area contributed by atoms with Gasteiger partial charge in [-0.2, -0.15) is 0 Å². The van der Waals surface area contributed by atoms with Crippen molar-refractivity contribution in [2.75, 3.05) is 26.0 Å². The van der Waals surface area contributed by atoms with E-state index in [9.17, 15) is 18.0 Å². The van der Waals surface area contributed by atoms with Crippen LogP contribution < -0.4 is 4.74 Å². The molecule has 6 nitrogen and oxygen atoms in total. The third kappa shape index (κ3) is 4.56. The normalized spacial score (nSPS) is 16.0. The zero-order chi connectivity index (χ0) is 17.7. The van der Waals surface area contributed by atoms with Crippen LogP contribution >= 0.6 is 0 Å². The van der Waals surface area contributed by atoms with E-state index < -0.39 is 9.84 Å². The number of likely N-dealkylation sites (tertiary alicyclic amines) is 1. The summed E-state index contributed by atoms with van der Waals surface area (Å²) in [5, 5.41) is 0. The van der Waals surface area contributed by atoms with Crippen LogP contribution in [0, 0.1) is 5.92 Å². The molecule has 132 valence electrons. The summed E-state index contributed by atoms with van der Waals surface area (Å²) < 4.78 is 29.5. The maximum atomic E-state index is 11.9. The predicted molar refractivity (Wildman–Crippen MR) is 90.0 cm³/mol. The molecule has 1 aromatic carbocycles. The van der Waals surface area contributed by atoms with Crippen LogP contribution in [0.1, 0.15) is 36.5 Å². The van der Waals surface area contributed by atoms with Gasteiger partial charge in [0.15, 0.2) is 9.84 Å². The molecular weight excluding hydrogens is 330 g/mol. The largest absolute Gasteiger partial charge is 0.492 e. The molecule has 0 bridgehead atoms. The van der Waals surface area contributed by atoms with Crippen molar-refractivity contribution >= 4 is 22.0 Å². The number of aldehydes is 1. The van der Waals surface area contributed by atoms with E-state index in [0.29, 0.717) is 38.0 Å². The maximum absolute atomic E-state index is 11.9. The lowest BCUT2D eigenvalue weighted by Gasteiger charge is -2.31. The molecule has 7 heteroatoms. The minimum absolute atomic E-state index is 0.0331. The van der Waals surface area contributed by atoms with E-state index in [1.165, 1.54) is 12.1 Å². The first kappa shape index (κ1) is 18.4. The van der Waals surface area contributed by atoms with Crippen molar-refractivity contribution in [2.24, 2.45) is 5.92 Å². The number of carbonyl (C=O) groups is 2. The molecule has 1 fully saturated rings. The highest BCUT2D eigenvalue weighted by Crippen LogP contribution is 2.27. The number of ether oxygens (including phenoxy) is 1. The second-order valence-electron chi connectivity index (χ2n) is 6.08. The number of benzene rings is 1. The van der Waals surface area contributed by atoms with Gasteiger partial charge >= 0.3 is 0 Å². The number of piperidine rings is 1. The Labute approximate surface area is 142 Å². The average Bonchev–Trinajstić information content (AvgIpc) is 2.58. The molecule has 0 spiro atoms. The lowest BCUT2D eigenvalue weighted by Crippen LogP contribution is -2.39. The summed E-state index contributed by atoms with van der Waals surface area (Å²) in [7, 11) is -3.48. The molecular formula is C17H23NO5S. The zero-order valence-electron chi connectivity index (χ0n) is 14.0. The van der Waals surface area contributed by atoms with Gasteiger partial charge < -0.3 is 9.64 Å². The van der Waals surface area contributed by atoms with Crippen molar-refractivity contribution in [2.45, 2.75) is 31.1 Å². The average molecular weight is 353 g/mol. The van der Waals surface area contributed by atoms with Crippen LogP contribution in [0.4, 0.5) is 0 Å². The molecule has 1 heterocycles. The fourth-order valence-corrected chi connectivity index (χ4v) is 3.63. The fraction of sp³-hybridized carbons (Fsp3) is 0.529. The van der Waals surface area contributed by atoms with Crippen molar-refractivity contribution in [3.8, 4) is 5.75 Å². The summed E-state index contributed by atoms with van der Waals surface area (Å²) in [5.41, 5.74) is 0.300. The summed E-state index contributed by atoms with van der Waals surface area (Å²) in [6, 6.07) is 4.40. The molecule has 0 saturated carbocycles. The summed E-state index contributed by atoms with van der Waals surface area (Å²) >= 11 is 0. The summed E-state index contributed by atoms with van der Waals surface area (Å²) in [5.74, 6) is 0.720. The fourth-order valence-electron chi connectivity index (χ4n) is 2.79. The Morgan fingerprint density at radius 1 is 1.33 bits per heavy atom. The third-order valence-electron chi connectivity index (χ3n) is 4.25. The minimum atomic E-state index is -3.48. The first-order valence-electron chi connectivity index (χ1n) is 8.05. The maximum Gasteiger partial charge on any atom is 0.222 e. The molecule has 0 unspecified atom stereocenters. The van der Waals surface area contributed by atoms with Gasteiger partial charge in [0.1, 0.15) is 16.9 Å². The monoisotopic (exact) mass is 353 g/mol. The summed E-state index contributed by atoms with van der Waals surface area (Å²) in [4.78, 5) is 24.4. The zero-order valence-corrected chi connectivity index (χ0v) is 14.8. The number of amides is 1. The highest BCUT2D eigenvalue weighted by molar-refractivity contribution is 7.90. The quantitative estimate of drug-likeness (QED) is 0.730. The van der Waals surface area contributed by atoms with Gasteiger partial charge in [-0.05, 0) is 37.0 Å². The topological polar surface area (TPSA) is 80.8 Å². The number of hydrogen-bond donors (Lipinski definition) is 0. The molecule has 2 rings (SSSR count). The molecule has 0 N–H and O–H groups in total. The molecule has 0 aliphatic carbocycles. The molecule has 1 amide bonds. The Kier molecular flexibility index (Phi) is 5.99. The molecule has 1 aromatic rings. The number of hydrogen-bond acceptors (Lipinski definition) is 5. The summed E-state index contributed by atoms with van der Waals surface area (Å²) in [6.07, 6.45) is 3.90. The highest BCUT2D eigenvalue weighted by Gasteiger charge is 2.23. The van der Waals surface area contributed by atoms with E-state index in [0.717, 1.165) is 19.1 Å². The van der Waals surface area contributed by atoms with Gasteiger partial charge in [-0.1, -0.05) is 6.92 Å². The Hall–Kier alpha value is -1.89. The lowest BCUT2D eigenvalue weighted by atomic mass is 9.97. The first-order valence-corrected chi connectivity index (χ1v) is 9.94. The van der Waals surface area contributed by atoms with E-state index in [1.807, 2.05) is 11.8 Å². The Morgan fingerprint density at radius 2 is 2.00 bits per heavy atom. The van der Waals surface area contributed by atoms with Crippen LogP contribution in [-0.2, 0) is 14.6 Å². The highest BCUT2D eigenvalue weighted by atomic mass is 32.2. The standard InChI is InChI=1S/C17H23NO5S/c1-3-17(20)18-8-6-13(7-9-18)12-23-15-5-4-14(11-19)10-16(15)24(2,21)22/h4-5,10-11,13H,3,6-9,12H2,1-2H3. The van der Waals surface area contributed by atoms with Crippen LogP contribution in [0.15, 0.2) is 23.1 Å². The molecule has 1 saturated heterocycles. The number of rotatable bonds is 6. The van der Waals surface area contributed by atoms with E-state index in [2.05, 4.69) is 0 Å². The van der Waals surface area contributed by atoms with Gasteiger partial charge in [0.25, 0.3) is 0 Å². The second-order valence-corrected chi connectivity index (χ2v) is 8.07. The SMILES string of the molecule is CCC(=O)N1CCC(COc2ccc(C=O)cc2S(C)(=O)=O)CC1. The molecule has 24 heavy (non-hydrogen) atoms. The van der Waals surface area contributed by atoms with E-state index in [4.69, 9.17) is 4.74 Å². The third-order valence-corrected chi connectivity index (χ3v) is 5.37. The van der Waals surface area contributed by atoms with Gasteiger partial charge in [-0.25, -0.2) is 8.42 Å². The van der Waals surface area contributed by atoms with Crippen molar-refractivity contribution < 1.29 is 22.7 Å². The summed E-state index contributed by atoms with van der Waals surface area (Å²) in [6.45, 7) is 3.68. The van der Waals surface area contributed by atoms with Crippen LogP contribution in [0.5, 0.6) is 5.75 Å². The molecule has 0 radical (unpaired) electrons. The minimum Gasteiger partial charge on any atom is -0.492 e. The molecule has 0 aromatic heterocycles. The van der Waals surface area contributed by atoms with Crippen LogP contribution in [-0.4, -0.2) is 51.5 Å². The predicted octanol–water partition coefficient (Wildman–Crippen LogP) is 1.93. The van der Waals surface area contributed by atoms with Crippen LogP contribution in [0.25, 0.3) is 0 Å². The molecule has 1 aliphatic heterocycles. The Morgan fingerprint density at radius 3 is 2.54 bits per heavy atom. The Bertz CT molecular complexity index is 706. The van der Waals surface area contributed by atoms with E-state index in [-0.39, 0.29) is 22.5 Å². The van der Waals surface area contributed by atoms with Gasteiger partial charge in [-0.3, -0.25) is 9.59 Å². The van der Waals surface area contributed by atoms with Crippen LogP contribution in [0.3, 0.4) is 0 Å². The van der Waals surface area contributed by atoms with Crippen LogP contribution in [0.2, 0.25) is 0 Å².